The van der Waals surface area contributed by atoms with Crippen LogP contribution in [0.15, 0.2) is 35.9 Å². The number of carbonyl (C=O) groups excluding carboxylic acids is 1. The van der Waals surface area contributed by atoms with Crippen molar-refractivity contribution in [2.75, 3.05) is 19.0 Å². The van der Waals surface area contributed by atoms with Gasteiger partial charge in [-0.1, -0.05) is 30.3 Å². The van der Waals surface area contributed by atoms with E-state index < -0.39 is 0 Å². The van der Waals surface area contributed by atoms with Crippen LogP contribution in [0.1, 0.15) is 25.3 Å². The summed E-state index contributed by atoms with van der Waals surface area (Å²) in [6.45, 7) is 2.38. The van der Waals surface area contributed by atoms with Gasteiger partial charge in [0.2, 0.25) is 0 Å². The van der Waals surface area contributed by atoms with Gasteiger partial charge in [-0.05, 0) is 25.3 Å². The Morgan fingerprint density at radius 1 is 1.40 bits per heavy atom. The van der Waals surface area contributed by atoms with Crippen molar-refractivity contribution in [1.82, 2.24) is 0 Å². The smallest absolute Gasteiger partial charge is 0.335 e. The van der Waals surface area contributed by atoms with Crippen LogP contribution in [0.2, 0.25) is 0 Å². The summed E-state index contributed by atoms with van der Waals surface area (Å²) in [5.74, 6) is 0.860. The number of aliphatic hydroxyl groups excluding tert-OH is 1. The molecule has 0 aromatic heterocycles. The maximum atomic E-state index is 12.2. The van der Waals surface area contributed by atoms with E-state index in [2.05, 4.69) is 0 Å². The zero-order chi connectivity index (χ0) is 14.4. The van der Waals surface area contributed by atoms with Crippen molar-refractivity contribution in [2.45, 2.75) is 19.8 Å². The van der Waals surface area contributed by atoms with Gasteiger partial charge in [0.25, 0.3) is 0 Å². The first-order valence-corrected chi connectivity index (χ1v) is 7.96. The molecular formula is C16H20O3S. The first-order chi connectivity index (χ1) is 9.77. The van der Waals surface area contributed by atoms with Crippen LogP contribution in [-0.2, 0) is 9.53 Å². The Kier molecular flexibility index (Phi) is 5.68. The number of esters is 1. The molecule has 1 aromatic rings. The van der Waals surface area contributed by atoms with Gasteiger partial charge in [0.15, 0.2) is 0 Å². The van der Waals surface area contributed by atoms with Gasteiger partial charge in [-0.25, -0.2) is 4.79 Å². The molecule has 0 amide bonds. The maximum Gasteiger partial charge on any atom is 0.335 e. The van der Waals surface area contributed by atoms with Crippen molar-refractivity contribution in [2.24, 2.45) is 5.92 Å². The zero-order valence-corrected chi connectivity index (χ0v) is 12.5. The summed E-state index contributed by atoms with van der Waals surface area (Å²) in [6.07, 6.45) is 1.55. The highest BCUT2D eigenvalue weighted by molar-refractivity contribution is 8.08. The van der Waals surface area contributed by atoms with E-state index in [-0.39, 0.29) is 18.5 Å². The van der Waals surface area contributed by atoms with Gasteiger partial charge in [-0.15, -0.1) is 11.8 Å². The summed E-state index contributed by atoms with van der Waals surface area (Å²) in [4.78, 5) is 13.3. The second-order valence-electron chi connectivity index (χ2n) is 4.70. The average Bonchev–Trinajstić information content (AvgIpc) is 2.90. The van der Waals surface area contributed by atoms with Gasteiger partial charge in [-0.3, -0.25) is 0 Å². The summed E-state index contributed by atoms with van der Waals surface area (Å²) in [5, 5.41) is 9.00. The minimum Gasteiger partial charge on any atom is -0.463 e. The van der Waals surface area contributed by atoms with Crippen molar-refractivity contribution in [3.63, 3.8) is 0 Å². The van der Waals surface area contributed by atoms with E-state index in [4.69, 9.17) is 9.84 Å². The lowest BCUT2D eigenvalue weighted by Gasteiger charge is -2.13. The fraction of sp³-hybridized carbons (Fsp3) is 0.438. The van der Waals surface area contributed by atoms with Gasteiger partial charge in [0, 0.05) is 23.2 Å². The van der Waals surface area contributed by atoms with E-state index >= 15 is 0 Å². The van der Waals surface area contributed by atoms with E-state index in [0.29, 0.717) is 6.61 Å². The molecule has 1 N–H and O–H groups in total. The Morgan fingerprint density at radius 2 is 2.15 bits per heavy atom. The maximum absolute atomic E-state index is 12.2. The molecule has 2 rings (SSSR count). The molecule has 0 spiro atoms. The molecule has 20 heavy (non-hydrogen) atoms. The third-order valence-corrected chi connectivity index (χ3v) is 4.64. The number of aliphatic hydroxyl groups is 1. The van der Waals surface area contributed by atoms with Gasteiger partial charge in [-0.2, -0.15) is 0 Å². The molecule has 1 atom stereocenters. The van der Waals surface area contributed by atoms with E-state index in [0.717, 1.165) is 34.6 Å². The van der Waals surface area contributed by atoms with Crippen molar-refractivity contribution in [1.29, 1.82) is 0 Å². The Morgan fingerprint density at radius 3 is 2.80 bits per heavy atom. The molecule has 3 nitrogen and oxygen atoms in total. The molecule has 0 saturated heterocycles. The SMILES string of the molecule is CCOC(=O)C1=C(c2ccccc2)SCC1CCCO. The molecule has 108 valence electrons. The number of carbonyl (C=O) groups is 1. The normalized spacial score (nSPS) is 18.4. The lowest BCUT2D eigenvalue weighted by atomic mass is 9.94. The van der Waals surface area contributed by atoms with Crippen LogP contribution in [-0.4, -0.2) is 30.0 Å². The quantitative estimate of drug-likeness (QED) is 0.818. The molecule has 1 aliphatic heterocycles. The molecule has 1 aromatic carbocycles. The van der Waals surface area contributed by atoms with Gasteiger partial charge >= 0.3 is 5.97 Å². The second kappa shape index (κ2) is 7.50. The summed E-state index contributed by atoms with van der Waals surface area (Å²) >= 11 is 1.71. The summed E-state index contributed by atoms with van der Waals surface area (Å²) < 4.78 is 5.22. The minimum atomic E-state index is -0.209. The molecule has 1 heterocycles. The molecule has 0 fully saturated rings. The van der Waals surface area contributed by atoms with Crippen LogP contribution in [0.5, 0.6) is 0 Å². The van der Waals surface area contributed by atoms with E-state index in [1.807, 2.05) is 37.3 Å². The van der Waals surface area contributed by atoms with E-state index in [1.165, 1.54) is 0 Å². The average molecular weight is 292 g/mol. The number of ether oxygens (including phenoxy) is 1. The highest BCUT2D eigenvalue weighted by atomic mass is 32.2. The number of hydrogen-bond acceptors (Lipinski definition) is 4. The third-order valence-electron chi connectivity index (χ3n) is 3.32. The molecule has 0 aliphatic carbocycles. The topological polar surface area (TPSA) is 46.5 Å². The van der Waals surface area contributed by atoms with Crippen LogP contribution in [0, 0.1) is 5.92 Å². The van der Waals surface area contributed by atoms with Gasteiger partial charge in [0.05, 0.1) is 12.2 Å². The lowest BCUT2D eigenvalue weighted by Crippen LogP contribution is -2.16. The second-order valence-corrected chi connectivity index (χ2v) is 5.73. The fourth-order valence-corrected chi connectivity index (χ4v) is 3.80. The first-order valence-electron chi connectivity index (χ1n) is 6.98. The van der Waals surface area contributed by atoms with Gasteiger partial charge < -0.3 is 9.84 Å². The standard InChI is InChI=1S/C16H20O3S/c1-2-19-16(18)14-13(9-6-10-17)11-20-15(14)12-7-4-3-5-8-12/h3-5,7-8,13,17H,2,6,9-11H2,1H3. The largest absolute Gasteiger partial charge is 0.463 e. The third kappa shape index (κ3) is 3.44. The van der Waals surface area contributed by atoms with E-state index in [1.54, 1.807) is 11.8 Å². The molecule has 1 aliphatic rings. The van der Waals surface area contributed by atoms with Crippen molar-refractivity contribution in [3.8, 4) is 0 Å². The highest BCUT2D eigenvalue weighted by Gasteiger charge is 2.32. The van der Waals surface area contributed by atoms with Crippen LogP contribution in [0.3, 0.4) is 0 Å². The minimum absolute atomic E-state index is 0.165. The van der Waals surface area contributed by atoms with Crippen molar-refractivity contribution >= 4 is 22.6 Å². The highest BCUT2D eigenvalue weighted by Crippen LogP contribution is 2.44. The number of rotatable bonds is 6. The molecule has 0 bridgehead atoms. The number of benzene rings is 1. The molecular weight excluding hydrogens is 272 g/mol. The van der Waals surface area contributed by atoms with Crippen LogP contribution >= 0.6 is 11.8 Å². The van der Waals surface area contributed by atoms with Crippen LogP contribution < -0.4 is 0 Å². The Balaban J connectivity index is 2.31. The summed E-state index contributed by atoms with van der Waals surface area (Å²) in [6, 6.07) is 9.97. The van der Waals surface area contributed by atoms with Crippen molar-refractivity contribution < 1.29 is 14.6 Å². The van der Waals surface area contributed by atoms with Crippen LogP contribution in [0.4, 0.5) is 0 Å². The number of hydrogen-bond donors (Lipinski definition) is 1. The monoisotopic (exact) mass is 292 g/mol. The van der Waals surface area contributed by atoms with E-state index in [9.17, 15) is 4.79 Å². The Labute approximate surface area is 124 Å². The molecule has 0 saturated carbocycles. The molecule has 4 heteroatoms. The Bertz CT molecular complexity index is 482. The fourth-order valence-electron chi connectivity index (χ4n) is 2.39. The zero-order valence-electron chi connectivity index (χ0n) is 11.7. The van der Waals surface area contributed by atoms with Crippen molar-refractivity contribution in [3.05, 3.63) is 41.5 Å². The van der Waals surface area contributed by atoms with Crippen LogP contribution in [0.25, 0.3) is 4.91 Å². The van der Waals surface area contributed by atoms with Gasteiger partial charge in [0.1, 0.15) is 0 Å². The summed E-state index contributed by atoms with van der Waals surface area (Å²) in [7, 11) is 0. The summed E-state index contributed by atoms with van der Waals surface area (Å²) in [5.41, 5.74) is 1.86. The predicted octanol–water partition coefficient (Wildman–Crippen LogP) is 3.10. The first kappa shape index (κ1) is 15.1. The number of thioether (sulfide) groups is 1. The molecule has 1 unspecified atom stereocenters. The predicted molar refractivity (Wildman–Crippen MR) is 82.3 cm³/mol. The molecule has 0 radical (unpaired) electrons. The Hall–Kier alpha value is -1.26. The lowest BCUT2D eigenvalue weighted by molar-refractivity contribution is -0.139.